The fourth-order valence-electron chi connectivity index (χ4n) is 5.05. The lowest BCUT2D eigenvalue weighted by atomic mass is 9.95. The monoisotopic (exact) mass is 463 g/mol. The van der Waals surface area contributed by atoms with E-state index in [-0.39, 0.29) is 18.2 Å². The first-order chi connectivity index (χ1) is 17.2. The van der Waals surface area contributed by atoms with Gasteiger partial charge in [-0.2, -0.15) is 0 Å². The highest BCUT2D eigenvalue weighted by Crippen LogP contribution is 2.29. The van der Waals surface area contributed by atoms with E-state index in [2.05, 4.69) is 40.3 Å². The van der Waals surface area contributed by atoms with Gasteiger partial charge in [-0.15, -0.1) is 0 Å². The third-order valence-electron chi connectivity index (χ3n) is 6.89. The number of aliphatic hydroxyl groups is 1. The Labute approximate surface area is 202 Å². The van der Waals surface area contributed by atoms with E-state index in [0.717, 1.165) is 33.0 Å². The molecule has 0 bridgehead atoms. The van der Waals surface area contributed by atoms with Crippen LogP contribution in [0.25, 0.3) is 32.8 Å². The van der Waals surface area contributed by atoms with Gasteiger partial charge in [-0.05, 0) is 58.7 Å². The first kappa shape index (κ1) is 21.6. The number of ether oxygens (including phenoxy) is 1. The Bertz CT molecular complexity index is 1560. The van der Waals surface area contributed by atoms with Crippen LogP contribution in [-0.2, 0) is 11.2 Å². The number of pyridine rings is 1. The summed E-state index contributed by atoms with van der Waals surface area (Å²) in [6.45, 7) is 0.748. The number of hydrogen-bond donors (Lipinski definition) is 1. The molecule has 0 radical (unpaired) electrons. The Kier molecular flexibility index (Phi) is 5.60. The van der Waals surface area contributed by atoms with Crippen molar-refractivity contribution in [3.05, 3.63) is 107 Å². The van der Waals surface area contributed by atoms with Crippen LogP contribution in [-0.4, -0.2) is 39.0 Å². The number of aromatic nitrogens is 3. The SMILES string of the molecule is O=c1c2cc(Cc3ccc(-c4ccncc4)cc3)c3ccccc3c2ncn1C1CCOCC1O. The first-order valence-corrected chi connectivity index (χ1v) is 11.9. The quantitative estimate of drug-likeness (QED) is 0.397. The summed E-state index contributed by atoms with van der Waals surface area (Å²) in [6.07, 6.45) is 5.72. The van der Waals surface area contributed by atoms with Crippen LogP contribution in [0.3, 0.4) is 0 Å². The zero-order valence-corrected chi connectivity index (χ0v) is 19.2. The maximum atomic E-state index is 13.6. The average Bonchev–Trinajstić information content (AvgIpc) is 2.91. The molecule has 5 aromatic rings. The standard InChI is InChI=1S/C29H25N3O3/c33-27-17-35-14-11-26(27)32-18-31-28-24-4-2-1-3-23(24)22(16-25(28)29(32)34)15-19-5-7-20(8-6-19)21-9-12-30-13-10-21/h1-10,12-13,16,18,26-27,33H,11,14-15,17H2. The lowest BCUT2D eigenvalue weighted by Gasteiger charge is -2.29. The molecule has 0 saturated carbocycles. The van der Waals surface area contributed by atoms with Crippen LogP contribution in [0.15, 0.2) is 90.2 Å². The van der Waals surface area contributed by atoms with Crippen molar-refractivity contribution < 1.29 is 9.84 Å². The first-order valence-electron chi connectivity index (χ1n) is 11.9. The maximum Gasteiger partial charge on any atom is 0.261 e. The van der Waals surface area contributed by atoms with Crippen molar-refractivity contribution in [3.8, 4) is 11.1 Å². The Balaban J connectivity index is 1.44. The Hall–Kier alpha value is -3.87. The van der Waals surface area contributed by atoms with Gasteiger partial charge in [0, 0.05) is 24.4 Å². The predicted octanol–water partition coefficient (Wildman–Crippen LogP) is 4.52. The number of aliphatic hydroxyl groups excluding tert-OH is 1. The van der Waals surface area contributed by atoms with Crippen LogP contribution in [0, 0.1) is 0 Å². The fraction of sp³-hybridized carbons (Fsp3) is 0.207. The summed E-state index contributed by atoms with van der Waals surface area (Å²) >= 11 is 0. The summed E-state index contributed by atoms with van der Waals surface area (Å²) in [5.74, 6) is 0. The molecule has 174 valence electrons. The predicted molar refractivity (Wildman–Crippen MR) is 136 cm³/mol. The van der Waals surface area contributed by atoms with Gasteiger partial charge in [0.05, 0.1) is 36.0 Å². The number of nitrogens with zero attached hydrogens (tertiary/aromatic N) is 3. The summed E-state index contributed by atoms with van der Waals surface area (Å²) in [5.41, 5.74) is 5.08. The van der Waals surface area contributed by atoms with Crippen molar-refractivity contribution in [2.24, 2.45) is 0 Å². The highest BCUT2D eigenvalue weighted by Gasteiger charge is 2.27. The van der Waals surface area contributed by atoms with Gasteiger partial charge in [0.2, 0.25) is 0 Å². The topological polar surface area (TPSA) is 77.2 Å². The van der Waals surface area contributed by atoms with Crippen molar-refractivity contribution in [2.75, 3.05) is 13.2 Å². The summed E-state index contributed by atoms with van der Waals surface area (Å²) in [7, 11) is 0. The van der Waals surface area contributed by atoms with E-state index in [9.17, 15) is 9.90 Å². The lowest BCUT2D eigenvalue weighted by molar-refractivity contribution is -0.0395. The molecule has 6 heteroatoms. The number of rotatable bonds is 4. The molecule has 35 heavy (non-hydrogen) atoms. The van der Waals surface area contributed by atoms with Crippen LogP contribution >= 0.6 is 0 Å². The molecule has 1 N–H and O–H groups in total. The van der Waals surface area contributed by atoms with Crippen molar-refractivity contribution in [1.82, 2.24) is 14.5 Å². The molecule has 1 aliphatic heterocycles. The largest absolute Gasteiger partial charge is 0.389 e. The van der Waals surface area contributed by atoms with Gasteiger partial charge in [-0.1, -0.05) is 48.5 Å². The summed E-state index contributed by atoms with van der Waals surface area (Å²) in [6, 6.07) is 22.3. The second-order valence-electron chi connectivity index (χ2n) is 9.04. The minimum Gasteiger partial charge on any atom is -0.389 e. The molecule has 3 heterocycles. The molecule has 6 rings (SSSR count). The smallest absolute Gasteiger partial charge is 0.261 e. The molecule has 2 atom stereocenters. The van der Waals surface area contributed by atoms with Crippen LogP contribution in [0.4, 0.5) is 0 Å². The molecule has 1 saturated heterocycles. The lowest BCUT2D eigenvalue weighted by Crippen LogP contribution is -2.39. The van der Waals surface area contributed by atoms with Crippen LogP contribution in [0.1, 0.15) is 23.6 Å². The van der Waals surface area contributed by atoms with E-state index in [0.29, 0.717) is 30.4 Å². The van der Waals surface area contributed by atoms with Crippen LogP contribution in [0.5, 0.6) is 0 Å². The van der Waals surface area contributed by atoms with E-state index in [1.807, 2.05) is 36.4 Å². The van der Waals surface area contributed by atoms with Gasteiger partial charge in [-0.25, -0.2) is 4.98 Å². The van der Waals surface area contributed by atoms with E-state index in [4.69, 9.17) is 4.74 Å². The zero-order chi connectivity index (χ0) is 23.8. The van der Waals surface area contributed by atoms with E-state index in [1.165, 1.54) is 0 Å². The molecule has 6 nitrogen and oxygen atoms in total. The third-order valence-corrected chi connectivity index (χ3v) is 6.89. The van der Waals surface area contributed by atoms with Gasteiger partial charge < -0.3 is 9.84 Å². The van der Waals surface area contributed by atoms with Crippen LogP contribution in [0.2, 0.25) is 0 Å². The molecular formula is C29H25N3O3. The van der Waals surface area contributed by atoms with Gasteiger partial charge in [-0.3, -0.25) is 14.3 Å². The minimum absolute atomic E-state index is 0.124. The molecule has 0 aliphatic carbocycles. The number of fused-ring (bicyclic) bond motifs is 3. The molecule has 1 fully saturated rings. The fourth-order valence-corrected chi connectivity index (χ4v) is 5.05. The molecular weight excluding hydrogens is 438 g/mol. The van der Waals surface area contributed by atoms with Crippen LogP contribution < -0.4 is 5.56 Å². The van der Waals surface area contributed by atoms with Gasteiger partial charge in [0.1, 0.15) is 0 Å². The van der Waals surface area contributed by atoms with Crippen molar-refractivity contribution >= 4 is 21.7 Å². The summed E-state index contributed by atoms with van der Waals surface area (Å²) in [4.78, 5) is 22.4. The number of hydrogen-bond acceptors (Lipinski definition) is 5. The molecule has 3 aromatic carbocycles. The molecule has 0 spiro atoms. The molecule has 0 amide bonds. The molecule has 2 unspecified atom stereocenters. The summed E-state index contributed by atoms with van der Waals surface area (Å²) < 4.78 is 6.93. The van der Waals surface area contributed by atoms with Gasteiger partial charge >= 0.3 is 0 Å². The number of benzene rings is 3. The highest BCUT2D eigenvalue weighted by atomic mass is 16.5. The van der Waals surface area contributed by atoms with Crippen molar-refractivity contribution in [2.45, 2.75) is 25.0 Å². The molecule has 2 aromatic heterocycles. The van der Waals surface area contributed by atoms with Gasteiger partial charge in [0.25, 0.3) is 5.56 Å². The normalized spacial score (nSPS) is 18.2. The summed E-state index contributed by atoms with van der Waals surface area (Å²) in [5, 5.41) is 13.1. The van der Waals surface area contributed by atoms with Gasteiger partial charge in [0.15, 0.2) is 0 Å². The van der Waals surface area contributed by atoms with Crippen molar-refractivity contribution in [3.63, 3.8) is 0 Å². The Morgan fingerprint density at radius 2 is 1.69 bits per heavy atom. The van der Waals surface area contributed by atoms with E-state index < -0.39 is 6.10 Å². The highest BCUT2D eigenvalue weighted by molar-refractivity contribution is 6.06. The van der Waals surface area contributed by atoms with E-state index in [1.54, 1.807) is 23.3 Å². The average molecular weight is 464 g/mol. The third kappa shape index (κ3) is 4.01. The molecule has 1 aliphatic rings. The Morgan fingerprint density at radius 1 is 0.943 bits per heavy atom. The van der Waals surface area contributed by atoms with E-state index >= 15 is 0 Å². The zero-order valence-electron chi connectivity index (χ0n) is 19.2. The maximum absolute atomic E-state index is 13.6. The Morgan fingerprint density at radius 3 is 2.46 bits per heavy atom. The second-order valence-corrected chi connectivity index (χ2v) is 9.04. The minimum atomic E-state index is -0.723. The van der Waals surface area contributed by atoms with Crippen molar-refractivity contribution in [1.29, 1.82) is 0 Å². The second kappa shape index (κ2) is 9.06.